The van der Waals surface area contributed by atoms with Crippen molar-refractivity contribution in [1.82, 2.24) is 9.97 Å². The second kappa shape index (κ2) is 7.96. The number of para-hydroxylation sites is 2. The van der Waals surface area contributed by atoms with E-state index in [2.05, 4.69) is 9.97 Å². The van der Waals surface area contributed by atoms with Crippen LogP contribution in [0.2, 0.25) is 5.02 Å². The number of amides is 1. The van der Waals surface area contributed by atoms with Crippen LogP contribution in [0, 0.1) is 0 Å². The largest absolute Gasteiger partial charge is 0.465 e. The Labute approximate surface area is 179 Å². The molecule has 0 aliphatic rings. The molecule has 0 atom stereocenters. The molecule has 4 aromatic rings. The van der Waals surface area contributed by atoms with E-state index in [4.69, 9.17) is 11.6 Å². The molecular formula is C22H15ClF3N3O2. The number of alkyl halides is 3. The number of anilines is 1. The summed E-state index contributed by atoms with van der Waals surface area (Å²) in [7, 11) is 0. The first-order chi connectivity index (χ1) is 14.7. The van der Waals surface area contributed by atoms with Crippen molar-refractivity contribution >= 4 is 34.4 Å². The number of imidazole rings is 1. The quantitative estimate of drug-likeness (QED) is 0.372. The highest BCUT2D eigenvalue weighted by Gasteiger charge is 2.34. The molecule has 0 aliphatic heterocycles. The van der Waals surface area contributed by atoms with Crippen molar-refractivity contribution in [3.05, 3.63) is 82.9 Å². The third-order valence-electron chi connectivity index (χ3n) is 4.73. The summed E-state index contributed by atoms with van der Waals surface area (Å²) in [6.07, 6.45) is -6.08. The van der Waals surface area contributed by atoms with E-state index in [0.29, 0.717) is 11.4 Å². The highest BCUT2D eigenvalue weighted by Crippen LogP contribution is 2.37. The van der Waals surface area contributed by atoms with Gasteiger partial charge < -0.3 is 10.1 Å². The fourth-order valence-corrected chi connectivity index (χ4v) is 3.48. The van der Waals surface area contributed by atoms with Gasteiger partial charge in [0.05, 0.1) is 28.2 Å². The average molecular weight is 446 g/mol. The standard InChI is InChI=1S/C22H15ClF3N3O2/c23-17-9-8-15(11-16(17)22(24,25)26)29(21(30)31)12-13-4-3-5-14(10-13)20-27-18-6-1-2-7-19(18)28-20/h1-11H,12H2,(H,27,28)(H,30,31). The molecule has 0 fully saturated rings. The van der Waals surface area contributed by atoms with Crippen molar-refractivity contribution < 1.29 is 23.1 Å². The number of hydrogen-bond acceptors (Lipinski definition) is 2. The number of H-pyrrole nitrogens is 1. The summed E-state index contributed by atoms with van der Waals surface area (Å²) >= 11 is 5.65. The van der Waals surface area contributed by atoms with Gasteiger partial charge in [0.25, 0.3) is 0 Å². The number of carboxylic acid groups (broad SMARTS) is 1. The zero-order valence-corrected chi connectivity index (χ0v) is 16.6. The van der Waals surface area contributed by atoms with Gasteiger partial charge in [-0.1, -0.05) is 41.9 Å². The van der Waals surface area contributed by atoms with Gasteiger partial charge in [0.15, 0.2) is 0 Å². The molecule has 9 heteroatoms. The number of nitrogens with zero attached hydrogens (tertiary/aromatic N) is 2. The molecule has 0 radical (unpaired) electrons. The fraction of sp³-hybridized carbons (Fsp3) is 0.0909. The number of rotatable bonds is 4. The van der Waals surface area contributed by atoms with Crippen LogP contribution in [0.15, 0.2) is 66.7 Å². The summed E-state index contributed by atoms with van der Waals surface area (Å²) in [5, 5.41) is 9.13. The predicted molar refractivity (Wildman–Crippen MR) is 112 cm³/mol. The molecule has 0 aliphatic carbocycles. The molecule has 1 heterocycles. The third kappa shape index (κ3) is 4.34. The molecule has 158 valence electrons. The summed E-state index contributed by atoms with van der Waals surface area (Å²) in [6.45, 7) is -0.150. The van der Waals surface area contributed by atoms with Gasteiger partial charge in [-0.05, 0) is 42.0 Å². The van der Waals surface area contributed by atoms with E-state index >= 15 is 0 Å². The molecule has 0 unspecified atom stereocenters. The summed E-state index contributed by atoms with van der Waals surface area (Å²) < 4.78 is 39.6. The number of hydrogen-bond donors (Lipinski definition) is 2. The number of halogens is 4. The maximum Gasteiger partial charge on any atom is 0.417 e. The Bertz CT molecular complexity index is 1240. The van der Waals surface area contributed by atoms with Crippen LogP contribution in [0.25, 0.3) is 22.4 Å². The van der Waals surface area contributed by atoms with Gasteiger partial charge in [0.1, 0.15) is 5.82 Å². The van der Waals surface area contributed by atoms with Crippen LogP contribution in [-0.2, 0) is 12.7 Å². The summed E-state index contributed by atoms with van der Waals surface area (Å²) in [5.41, 5.74) is 1.74. The van der Waals surface area contributed by atoms with Crippen LogP contribution in [0.1, 0.15) is 11.1 Å². The Morgan fingerprint density at radius 3 is 2.55 bits per heavy atom. The van der Waals surface area contributed by atoms with Crippen molar-refractivity contribution in [3.8, 4) is 11.4 Å². The lowest BCUT2D eigenvalue weighted by Crippen LogP contribution is -2.29. The minimum absolute atomic E-state index is 0.127. The number of aromatic amines is 1. The van der Waals surface area contributed by atoms with Gasteiger partial charge in [-0.25, -0.2) is 9.78 Å². The number of nitrogens with one attached hydrogen (secondary N) is 1. The third-order valence-corrected chi connectivity index (χ3v) is 5.06. The second-order valence-corrected chi connectivity index (χ2v) is 7.24. The van der Waals surface area contributed by atoms with E-state index in [1.54, 1.807) is 18.2 Å². The van der Waals surface area contributed by atoms with Gasteiger partial charge in [-0.3, -0.25) is 4.90 Å². The summed E-state index contributed by atoms with van der Waals surface area (Å²) in [4.78, 5) is 20.4. The first-order valence-electron chi connectivity index (χ1n) is 9.13. The molecule has 31 heavy (non-hydrogen) atoms. The van der Waals surface area contributed by atoms with E-state index in [1.165, 1.54) is 6.07 Å². The van der Waals surface area contributed by atoms with Crippen molar-refractivity contribution in [1.29, 1.82) is 0 Å². The van der Waals surface area contributed by atoms with Gasteiger partial charge in [-0.15, -0.1) is 0 Å². The molecule has 4 rings (SSSR count). The molecule has 0 bridgehead atoms. The maximum absolute atomic E-state index is 13.2. The van der Waals surface area contributed by atoms with E-state index in [1.807, 2.05) is 30.3 Å². The second-order valence-electron chi connectivity index (χ2n) is 6.83. The van der Waals surface area contributed by atoms with E-state index in [-0.39, 0.29) is 12.2 Å². The minimum Gasteiger partial charge on any atom is -0.465 e. The topological polar surface area (TPSA) is 69.2 Å². The Morgan fingerprint density at radius 1 is 1.06 bits per heavy atom. The molecule has 0 saturated heterocycles. The number of benzene rings is 3. The fourth-order valence-electron chi connectivity index (χ4n) is 3.26. The highest BCUT2D eigenvalue weighted by atomic mass is 35.5. The lowest BCUT2D eigenvalue weighted by atomic mass is 10.1. The van der Waals surface area contributed by atoms with Crippen LogP contribution >= 0.6 is 11.6 Å². The van der Waals surface area contributed by atoms with Gasteiger partial charge in [-0.2, -0.15) is 13.2 Å². The molecule has 1 amide bonds. The SMILES string of the molecule is O=C(O)N(Cc1cccc(-c2nc3ccccc3[nH]2)c1)c1ccc(Cl)c(C(F)(F)F)c1. The van der Waals surface area contributed by atoms with Crippen molar-refractivity contribution in [2.75, 3.05) is 4.90 Å². The molecule has 5 nitrogen and oxygen atoms in total. The lowest BCUT2D eigenvalue weighted by molar-refractivity contribution is -0.137. The Kier molecular flexibility index (Phi) is 5.32. The van der Waals surface area contributed by atoms with E-state index in [0.717, 1.165) is 33.6 Å². The number of carbonyl (C=O) groups is 1. The Morgan fingerprint density at radius 2 is 1.84 bits per heavy atom. The van der Waals surface area contributed by atoms with Crippen LogP contribution < -0.4 is 4.90 Å². The van der Waals surface area contributed by atoms with Crippen LogP contribution in [0.3, 0.4) is 0 Å². The van der Waals surface area contributed by atoms with Crippen molar-refractivity contribution in [2.45, 2.75) is 12.7 Å². The minimum atomic E-state index is -4.70. The maximum atomic E-state index is 13.2. The van der Waals surface area contributed by atoms with E-state index < -0.39 is 22.9 Å². The van der Waals surface area contributed by atoms with E-state index in [9.17, 15) is 23.1 Å². The predicted octanol–water partition coefficient (Wildman–Crippen LogP) is 6.59. The number of fused-ring (bicyclic) bond motifs is 1. The normalized spacial score (nSPS) is 11.6. The monoisotopic (exact) mass is 445 g/mol. The Hall–Kier alpha value is -3.52. The van der Waals surface area contributed by atoms with Gasteiger partial charge >= 0.3 is 12.3 Å². The first kappa shape index (κ1) is 20.7. The first-order valence-corrected chi connectivity index (χ1v) is 9.51. The van der Waals surface area contributed by atoms with Crippen molar-refractivity contribution in [2.24, 2.45) is 0 Å². The van der Waals surface area contributed by atoms with Gasteiger partial charge in [0, 0.05) is 11.3 Å². The zero-order valence-electron chi connectivity index (χ0n) is 15.8. The van der Waals surface area contributed by atoms with Gasteiger partial charge in [0.2, 0.25) is 0 Å². The summed E-state index contributed by atoms with van der Waals surface area (Å²) in [6, 6.07) is 17.5. The zero-order chi connectivity index (χ0) is 22.2. The lowest BCUT2D eigenvalue weighted by Gasteiger charge is -2.21. The summed E-state index contributed by atoms with van der Waals surface area (Å²) in [5.74, 6) is 0.607. The molecular weight excluding hydrogens is 431 g/mol. The molecule has 1 aromatic heterocycles. The molecule has 3 aromatic carbocycles. The van der Waals surface area contributed by atoms with Crippen LogP contribution in [0.4, 0.5) is 23.7 Å². The van der Waals surface area contributed by atoms with Crippen molar-refractivity contribution in [3.63, 3.8) is 0 Å². The Balaban J connectivity index is 1.67. The average Bonchev–Trinajstić information content (AvgIpc) is 3.16. The molecule has 0 saturated carbocycles. The molecule has 2 N–H and O–H groups in total. The molecule has 0 spiro atoms. The smallest absolute Gasteiger partial charge is 0.417 e. The van der Waals surface area contributed by atoms with Crippen LogP contribution in [0.5, 0.6) is 0 Å². The highest BCUT2D eigenvalue weighted by molar-refractivity contribution is 6.31. The van der Waals surface area contributed by atoms with Crippen LogP contribution in [-0.4, -0.2) is 21.2 Å². The number of aromatic nitrogens is 2.